The molecule has 0 radical (unpaired) electrons. The monoisotopic (exact) mass is 1130 g/mol. The second-order valence-electron chi connectivity index (χ2n) is 24.3. The number of fused-ring (bicyclic) bond motifs is 3. The lowest BCUT2D eigenvalue weighted by Crippen LogP contribution is -2.59. The van der Waals surface area contributed by atoms with Gasteiger partial charge in [0.2, 0.25) is 5.91 Å². The first-order chi connectivity index (χ1) is 37.3. The highest BCUT2D eigenvalue weighted by molar-refractivity contribution is 6.74. The molecule has 1 aliphatic heterocycles. The summed E-state index contributed by atoms with van der Waals surface area (Å²) in [7, 11) is -2.57. The van der Waals surface area contributed by atoms with Gasteiger partial charge in [0.05, 0.1) is 20.8 Å². The summed E-state index contributed by atoms with van der Waals surface area (Å²) in [6.45, 7) is 21.7. The summed E-state index contributed by atoms with van der Waals surface area (Å²) in [4.78, 5) is 66.1. The predicted octanol–water partition coefficient (Wildman–Crippen LogP) is 9.56. The fourth-order valence-corrected chi connectivity index (χ4v) is 12.9. The molecule has 1 saturated heterocycles. The van der Waals surface area contributed by atoms with E-state index in [2.05, 4.69) is 132 Å². The Balaban J connectivity index is 1.14. The Hall–Kier alpha value is -5.42. The number of aliphatic hydroxyl groups is 1. The van der Waals surface area contributed by atoms with E-state index in [-0.39, 0.29) is 41.5 Å². The van der Waals surface area contributed by atoms with Crippen LogP contribution in [0.25, 0.3) is 11.1 Å². The first-order valence-electron chi connectivity index (χ1n) is 28.2. The fraction of sp³-hybridized carbons (Fsp3) is 0.583. The van der Waals surface area contributed by atoms with Gasteiger partial charge in [-0.05, 0) is 121 Å². The molecule has 434 valence electrons. The zero-order valence-corrected chi connectivity index (χ0v) is 50.8. The maximum Gasteiger partial charge on any atom is 0.406 e. The van der Waals surface area contributed by atoms with Crippen LogP contribution in [0, 0.1) is 5.92 Å². The lowest BCUT2D eigenvalue weighted by Gasteiger charge is -2.44. The van der Waals surface area contributed by atoms with E-state index in [1.54, 1.807) is 31.4 Å². The van der Waals surface area contributed by atoms with E-state index in [0.29, 0.717) is 43.0 Å². The number of ether oxygens (including phenoxy) is 3. The van der Waals surface area contributed by atoms with E-state index in [4.69, 9.17) is 23.1 Å². The highest BCUT2D eigenvalue weighted by Crippen LogP contribution is 2.51. The summed E-state index contributed by atoms with van der Waals surface area (Å²) < 4.78 is 33.5. The minimum absolute atomic E-state index is 0.0434. The number of aliphatic hydroxyl groups excluding tert-OH is 1. The van der Waals surface area contributed by atoms with Gasteiger partial charge in [-0.3, -0.25) is 23.5 Å². The Morgan fingerprint density at radius 2 is 1.28 bits per heavy atom. The molecule has 17 nitrogen and oxygen atoms in total. The topological polar surface area (TPSA) is 218 Å². The number of aliphatic carboxylic acids is 1. The Kier molecular flexibility index (Phi) is 21.7. The summed E-state index contributed by atoms with van der Waals surface area (Å²) in [6, 6.07) is 24.0. The number of carbonyl (C=O) groups excluding carboxylic acids is 2. The molecule has 1 aliphatic carbocycles. The van der Waals surface area contributed by atoms with Crippen LogP contribution in [0.15, 0.2) is 94.6 Å². The Morgan fingerprint density at radius 3 is 1.86 bits per heavy atom. The van der Waals surface area contributed by atoms with Gasteiger partial charge in [0.25, 0.3) is 5.56 Å². The van der Waals surface area contributed by atoms with Crippen molar-refractivity contribution in [1.29, 1.82) is 0 Å². The highest BCUT2D eigenvalue weighted by Gasteiger charge is 2.57. The van der Waals surface area contributed by atoms with Crippen LogP contribution in [0.5, 0.6) is 5.75 Å². The average Bonchev–Trinajstić information content (AvgIpc) is 4.15. The van der Waals surface area contributed by atoms with Crippen molar-refractivity contribution >= 4 is 34.6 Å². The quantitative estimate of drug-likeness (QED) is 0.0265. The molecule has 0 bridgehead atoms. The van der Waals surface area contributed by atoms with Crippen LogP contribution in [-0.4, -0.2) is 118 Å². The molecule has 19 heteroatoms. The number of amides is 2. The average molecular weight is 1130 g/mol. The number of methoxy groups -OCH3 is 2. The van der Waals surface area contributed by atoms with Crippen molar-refractivity contribution in [3.63, 3.8) is 0 Å². The molecule has 5 N–H and O–H groups in total. The van der Waals surface area contributed by atoms with Crippen LogP contribution in [-0.2, 0) is 34.5 Å². The number of rotatable bonds is 28. The van der Waals surface area contributed by atoms with Crippen LogP contribution in [0.3, 0.4) is 0 Å². The zero-order chi connectivity index (χ0) is 57.9. The number of aromatic nitrogens is 2. The van der Waals surface area contributed by atoms with Gasteiger partial charge in [-0.2, -0.15) is 0 Å². The number of unbranched alkanes of at least 4 members (excludes halogenated alkanes) is 3. The number of carbonyl (C=O) groups is 3. The van der Waals surface area contributed by atoms with Crippen molar-refractivity contribution in [1.82, 2.24) is 25.1 Å². The molecule has 79 heavy (non-hydrogen) atoms. The van der Waals surface area contributed by atoms with E-state index in [9.17, 15) is 34.2 Å². The number of hydrogen-bond donors (Lipinski definition) is 5. The zero-order valence-electron chi connectivity index (χ0n) is 48.8. The summed E-state index contributed by atoms with van der Waals surface area (Å²) in [5.74, 6) is -0.249. The van der Waals surface area contributed by atoms with Gasteiger partial charge in [-0.1, -0.05) is 121 Å². The lowest BCUT2D eigenvalue weighted by atomic mass is 9.78. The van der Waals surface area contributed by atoms with Gasteiger partial charge in [-0.25, -0.2) is 9.59 Å². The number of carboxylic acids is 1. The Morgan fingerprint density at radius 1 is 0.709 bits per heavy atom. The molecule has 2 amide bonds. The molecule has 0 spiro atoms. The van der Waals surface area contributed by atoms with E-state index >= 15 is 0 Å². The summed E-state index contributed by atoms with van der Waals surface area (Å²) >= 11 is 0. The number of hydrogen-bond acceptors (Lipinski definition) is 12. The summed E-state index contributed by atoms with van der Waals surface area (Å²) in [5.41, 5.74) is 4.68. The minimum atomic E-state index is -2.75. The molecule has 4 aromatic rings. The van der Waals surface area contributed by atoms with Gasteiger partial charge in [0.15, 0.2) is 22.9 Å². The standard InChI is InChI=1S/C60H89N5O12Si2/c1-59(2,3)78(9,10)76-53-52(75-55(54(53)77-79(11,12)60(4,5)6)64-38-34-48(67)65(58(64)72)39-40-30-32-42(73-7)33-31-40)51(68)50(56(69)70)62-37-22-36-61-47(66)29-21-24-41(23-15-13-14-20-35-63-57(71)74-8)49-45-27-18-16-25-43(45)44-26-17-19-28-46(44)49/h16-19,25-28,30-34,38,41,49-55,62,68H,13-15,20-24,29,35-37,39H2,1-12H3,(H,61,66)(H,63,71)(H,69,70)/t41?,50-,51+,52?,53+,54+,55+/m0/s1. The molecule has 2 unspecified atom stereocenters. The van der Waals surface area contributed by atoms with Crippen LogP contribution in [0.4, 0.5) is 4.79 Å². The predicted molar refractivity (Wildman–Crippen MR) is 313 cm³/mol. The molecule has 1 fully saturated rings. The van der Waals surface area contributed by atoms with E-state index < -0.39 is 76.6 Å². The van der Waals surface area contributed by atoms with Gasteiger partial charge < -0.3 is 49.2 Å². The van der Waals surface area contributed by atoms with Crippen LogP contribution < -0.4 is 31.9 Å². The van der Waals surface area contributed by atoms with Crippen molar-refractivity contribution in [3.8, 4) is 16.9 Å². The van der Waals surface area contributed by atoms with Gasteiger partial charge in [0, 0.05) is 37.7 Å². The maximum atomic E-state index is 14.6. The van der Waals surface area contributed by atoms with Crippen LogP contribution in [0.1, 0.15) is 128 Å². The second kappa shape index (κ2) is 27.4. The van der Waals surface area contributed by atoms with Crippen molar-refractivity contribution in [2.45, 2.75) is 185 Å². The lowest BCUT2D eigenvalue weighted by molar-refractivity contribution is -0.149. The number of benzene rings is 3. The van der Waals surface area contributed by atoms with Gasteiger partial charge in [0.1, 0.15) is 36.2 Å². The number of carboxylic acid groups (broad SMARTS) is 1. The molecule has 1 aromatic heterocycles. The van der Waals surface area contributed by atoms with Gasteiger partial charge in [-0.15, -0.1) is 0 Å². The third kappa shape index (κ3) is 15.7. The highest BCUT2D eigenvalue weighted by atomic mass is 28.4. The Labute approximate surface area is 469 Å². The molecular weight excluding hydrogens is 1040 g/mol. The summed E-state index contributed by atoms with van der Waals surface area (Å²) in [5, 5.41) is 31.3. The molecule has 2 aliphatic rings. The molecular formula is C60H89N5O12Si2. The first-order valence-corrected chi connectivity index (χ1v) is 34.0. The number of nitrogens with zero attached hydrogens (tertiary/aromatic N) is 2. The molecule has 7 atom stereocenters. The smallest absolute Gasteiger partial charge is 0.406 e. The second-order valence-corrected chi connectivity index (χ2v) is 33.9. The van der Waals surface area contributed by atoms with Gasteiger partial charge >= 0.3 is 17.8 Å². The normalized spacial score (nSPS) is 18.8. The first kappa shape index (κ1) is 62.8. The van der Waals surface area contributed by atoms with Crippen molar-refractivity contribution < 1.29 is 47.7 Å². The van der Waals surface area contributed by atoms with E-state index in [1.165, 1.54) is 46.2 Å². The fourth-order valence-electron chi connectivity index (χ4n) is 10.3. The largest absolute Gasteiger partial charge is 0.497 e. The van der Waals surface area contributed by atoms with Crippen LogP contribution >= 0.6 is 0 Å². The van der Waals surface area contributed by atoms with E-state index in [0.717, 1.165) is 43.1 Å². The summed E-state index contributed by atoms with van der Waals surface area (Å²) in [6.07, 6.45) is 1.86. The third-order valence-corrected chi connectivity index (χ3v) is 25.8. The molecule has 6 rings (SSSR count). The number of alkyl carbamates (subject to hydrolysis) is 1. The number of nitrogens with one attached hydrogen (secondary N) is 3. The SMILES string of the molecule is COC(=O)NCCCCCCC(CCCC(=O)NCCCN[C@H](C(=O)O)[C@@H](O)C1O[C@@H](n2ccc(=O)n(Cc3ccc(OC)cc3)c2=O)[C@H](O[Si](C)(C)C(C)(C)C)[C@@H]1O[Si](C)(C)C(C)(C)C)C1c2ccccc2-c2ccccc21. The minimum Gasteiger partial charge on any atom is -0.497 e. The van der Waals surface area contributed by atoms with Crippen LogP contribution in [0.2, 0.25) is 36.3 Å². The molecule has 2 heterocycles. The van der Waals surface area contributed by atoms with Crippen molar-refractivity contribution in [2.24, 2.45) is 5.92 Å². The maximum absolute atomic E-state index is 14.6. The Bertz CT molecular complexity index is 2740. The van der Waals surface area contributed by atoms with Crippen molar-refractivity contribution in [2.75, 3.05) is 33.9 Å². The molecule has 3 aromatic carbocycles. The van der Waals surface area contributed by atoms with Crippen molar-refractivity contribution in [3.05, 3.63) is 123 Å². The third-order valence-electron chi connectivity index (χ3n) is 16.8. The van der Waals surface area contributed by atoms with E-state index in [1.807, 2.05) is 0 Å². The molecule has 0 saturated carbocycles.